The first-order valence-corrected chi connectivity index (χ1v) is 22.7. The number of primary sulfonamides is 1. The van der Waals surface area contributed by atoms with Gasteiger partial charge in [0.05, 0.1) is 21.7 Å². The van der Waals surface area contributed by atoms with Gasteiger partial charge in [0.2, 0.25) is 26.6 Å². The van der Waals surface area contributed by atoms with Crippen molar-refractivity contribution in [1.82, 2.24) is 15.3 Å². The van der Waals surface area contributed by atoms with Crippen molar-refractivity contribution in [2.45, 2.75) is 107 Å². The van der Waals surface area contributed by atoms with Gasteiger partial charge in [-0.05, 0) is 47.9 Å². The van der Waals surface area contributed by atoms with Crippen molar-refractivity contribution in [3.63, 3.8) is 0 Å². The normalized spacial score (nSPS) is 13.5. The number of fused-ring (bicyclic) bond motifs is 1. The van der Waals surface area contributed by atoms with Gasteiger partial charge >= 0.3 is 6.36 Å². The van der Waals surface area contributed by atoms with Crippen molar-refractivity contribution in [3.8, 4) is 22.8 Å². The number of aromatic nitrogens is 2. The number of alkyl halides is 3. The molecule has 1 unspecified atom stereocenters. The van der Waals surface area contributed by atoms with E-state index in [0.29, 0.717) is 16.7 Å². The van der Waals surface area contributed by atoms with Gasteiger partial charge in [-0.2, -0.15) is 0 Å². The summed E-state index contributed by atoms with van der Waals surface area (Å²) >= 11 is 0.881. The molecule has 56 heavy (non-hydrogen) atoms. The second kappa shape index (κ2) is 20.0. The predicted molar refractivity (Wildman–Crippen MR) is 209 cm³/mol. The van der Waals surface area contributed by atoms with Crippen LogP contribution >= 0.6 is 11.3 Å². The smallest absolute Gasteiger partial charge is 0.491 e. The van der Waals surface area contributed by atoms with Crippen LogP contribution < -0.4 is 15.2 Å². The summed E-state index contributed by atoms with van der Waals surface area (Å²) in [5.41, 5.74) is 0.680. The number of hydrogen-bond acceptors (Lipinski definition) is 10. The molecule has 0 bridgehead atoms. The molecule has 2 aromatic carbocycles. The second-order valence-corrected chi connectivity index (χ2v) is 18.7. The van der Waals surface area contributed by atoms with E-state index in [4.69, 9.17) is 5.14 Å². The molecular formula is C38H48F4N4O7S3. The van der Waals surface area contributed by atoms with Crippen LogP contribution in [-0.4, -0.2) is 56.5 Å². The highest BCUT2D eigenvalue weighted by molar-refractivity contribution is 7.92. The summed E-state index contributed by atoms with van der Waals surface area (Å²) in [6.07, 6.45) is 7.81. The molecule has 0 saturated carbocycles. The third-order valence-corrected chi connectivity index (χ3v) is 13.8. The molecule has 0 aliphatic carbocycles. The summed E-state index contributed by atoms with van der Waals surface area (Å²) < 4.78 is 108. The number of rotatable bonds is 23. The SMILES string of the molecule is CCCCCCCCCCCCCCC(C(=O)NCCS(N)(=O)=O)(c1nc2ccc(-c3ccnc(O)c3F)cc2s1)S(=O)(=O)Cc1ccc(OC(F)(F)F)cc1. The van der Waals surface area contributed by atoms with Crippen LogP contribution in [0.25, 0.3) is 21.3 Å². The Morgan fingerprint density at radius 2 is 1.50 bits per heavy atom. The summed E-state index contributed by atoms with van der Waals surface area (Å²) in [5, 5.41) is 17.3. The van der Waals surface area contributed by atoms with Crippen molar-refractivity contribution in [2.75, 3.05) is 12.3 Å². The fourth-order valence-corrected chi connectivity index (χ4v) is 10.5. The summed E-state index contributed by atoms with van der Waals surface area (Å²) in [5.74, 6) is -4.85. The third-order valence-electron chi connectivity index (χ3n) is 9.38. The number of carbonyl (C=O) groups excluding carboxylic acids is 1. The van der Waals surface area contributed by atoms with E-state index in [-0.39, 0.29) is 34.5 Å². The highest BCUT2D eigenvalue weighted by Crippen LogP contribution is 2.43. The molecule has 0 spiro atoms. The number of sulfone groups is 1. The first-order valence-electron chi connectivity index (χ1n) is 18.6. The zero-order valence-corrected chi connectivity index (χ0v) is 33.6. The van der Waals surface area contributed by atoms with Crippen LogP contribution in [0.4, 0.5) is 17.6 Å². The van der Waals surface area contributed by atoms with Crippen molar-refractivity contribution in [1.29, 1.82) is 0 Å². The number of benzene rings is 2. The fourth-order valence-electron chi connectivity index (χ4n) is 6.46. The van der Waals surface area contributed by atoms with Crippen LogP contribution in [-0.2, 0) is 35.2 Å². The molecule has 1 amide bonds. The maximum absolute atomic E-state index is 14.8. The molecule has 308 valence electrons. The third kappa shape index (κ3) is 12.6. The molecular weight excluding hydrogens is 797 g/mol. The number of carbonyl (C=O) groups is 1. The minimum Gasteiger partial charge on any atom is -0.491 e. The number of nitrogens with zero attached hydrogens (tertiary/aromatic N) is 2. The maximum atomic E-state index is 14.8. The minimum absolute atomic E-state index is 0.0171. The van der Waals surface area contributed by atoms with E-state index in [9.17, 15) is 44.3 Å². The topological polar surface area (TPSA) is 179 Å². The monoisotopic (exact) mass is 844 g/mol. The Morgan fingerprint density at radius 1 is 0.893 bits per heavy atom. The Labute approximate surface area is 329 Å². The first-order chi connectivity index (χ1) is 26.5. The van der Waals surface area contributed by atoms with Gasteiger partial charge in [-0.25, -0.2) is 36.3 Å². The lowest BCUT2D eigenvalue weighted by Crippen LogP contribution is -2.51. The van der Waals surface area contributed by atoms with E-state index in [0.717, 1.165) is 67.7 Å². The number of pyridine rings is 1. The van der Waals surface area contributed by atoms with Gasteiger partial charge in [0.15, 0.2) is 15.7 Å². The molecule has 0 aliphatic heterocycles. The average Bonchev–Trinajstić information content (AvgIpc) is 3.54. The van der Waals surface area contributed by atoms with Crippen LogP contribution in [0.15, 0.2) is 54.7 Å². The molecule has 0 fully saturated rings. The number of ether oxygens (including phenoxy) is 1. The van der Waals surface area contributed by atoms with E-state index in [1.807, 2.05) is 0 Å². The molecule has 0 saturated heterocycles. The molecule has 4 rings (SSSR count). The predicted octanol–water partition coefficient (Wildman–Crippen LogP) is 8.41. The van der Waals surface area contributed by atoms with Gasteiger partial charge in [0, 0.05) is 18.3 Å². The van der Waals surface area contributed by atoms with Gasteiger partial charge in [-0.1, -0.05) is 102 Å². The Morgan fingerprint density at radius 3 is 2.09 bits per heavy atom. The molecule has 4 aromatic rings. The lowest BCUT2D eigenvalue weighted by molar-refractivity contribution is -0.274. The molecule has 0 radical (unpaired) electrons. The minimum atomic E-state index is -4.97. The van der Waals surface area contributed by atoms with Crippen molar-refractivity contribution in [3.05, 3.63) is 71.1 Å². The number of aromatic hydroxyl groups is 1. The average molecular weight is 845 g/mol. The van der Waals surface area contributed by atoms with Crippen molar-refractivity contribution in [2.24, 2.45) is 5.14 Å². The Hall–Kier alpha value is -3.87. The van der Waals surface area contributed by atoms with Crippen LogP contribution in [0.3, 0.4) is 0 Å². The summed E-state index contributed by atoms with van der Waals surface area (Å²) in [7, 11) is -8.70. The molecule has 1 atom stereocenters. The highest BCUT2D eigenvalue weighted by Gasteiger charge is 2.54. The zero-order valence-electron chi connectivity index (χ0n) is 31.1. The van der Waals surface area contributed by atoms with Crippen LogP contribution in [0.2, 0.25) is 0 Å². The maximum Gasteiger partial charge on any atom is 0.573 e. The lowest BCUT2D eigenvalue weighted by atomic mass is 9.98. The Bertz CT molecular complexity index is 2130. The van der Waals surface area contributed by atoms with Gasteiger partial charge in [-0.3, -0.25) is 4.79 Å². The standard InChI is InChI=1S/C38H48F4N4O7S3/c1-2-3-4-5-6-7-8-9-10-11-12-13-21-37(35(48)45-23-24-56(43,51)52,55(49,50)26-27-14-17-29(18-15-27)53-38(40,41)42)36-46-31-19-16-28(25-32(31)54-36)30-20-22-44-34(47)33(30)39/h14-20,22,25H,2-13,21,23-24,26H2,1H3,(H,44,47)(H,45,48)(H2,43,51,52). The number of halogens is 4. The van der Waals surface area contributed by atoms with Gasteiger partial charge < -0.3 is 15.2 Å². The summed E-state index contributed by atoms with van der Waals surface area (Å²) in [6, 6.07) is 10.1. The fraction of sp³-hybridized carbons (Fsp3) is 0.500. The van der Waals surface area contributed by atoms with Crippen molar-refractivity contribution < 1.29 is 49.0 Å². The second-order valence-electron chi connectivity index (χ2n) is 13.7. The number of unbranched alkanes of at least 4 members (excludes halogenated alkanes) is 11. The highest BCUT2D eigenvalue weighted by atomic mass is 32.2. The quantitative estimate of drug-likeness (QED) is 0.0488. The largest absolute Gasteiger partial charge is 0.573 e. The lowest BCUT2D eigenvalue weighted by Gasteiger charge is -2.30. The summed E-state index contributed by atoms with van der Waals surface area (Å²) in [4.78, 5) is 22.5. The molecule has 11 nitrogen and oxygen atoms in total. The van der Waals surface area contributed by atoms with E-state index in [2.05, 4.69) is 26.9 Å². The number of hydrogen-bond donors (Lipinski definition) is 3. The Kier molecular flexibility index (Phi) is 16.0. The van der Waals surface area contributed by atoms with E-state index in [1.54, 1.807) is 0 Å². The van der Waals surface area contributed by atoms with E-state index < -0.39 is 72.4 Å². The zero-order chi connectivity index (χ0) is 41.0. The number of nitrogens with one attached hydrogen (secondary N) is 1. The van der Waals surface area contributed by atoms with Gasteiger partial charge in [-0.15, -0.1) is 24.5 Å². The number of sulfonamides is 1. The molecule has 18 heteroatoms. The molecule has 4 N–H and O–H groups in total. The van der Waals surface area contributed by atoms with E-state index >= 15 is 0 Å². The molecule has 0 aliphatic rings. The molecule has 2 aromatic heterocycles. The van der Waals surface area contributed by atoms with Crippen LogP contribution in [0.5, 0.6) is 11.6 Å². The number of amides is 1. The van der Waals surface area contributed by atoms with E-state index in [1.165, 1.54) is 62.6 Å². The van der Waals surface area contributed by atoms with Gasteiger partial charge in [0.25, 0.3) is 0 Å². The van der Waals surface area contributed by atoms with Crippen molar-refractivity contribution >= 4 is 47.3 Å². The number of thiazole rings is 1. The number of nitrogens with two attached hydrogens (primary N) is 1. The van der Waals surface area contributed by atoms with Crippen LogP contribution in [0.1, 0.15) is 101 Å². The van der Waals surface area contributed by atoms with Crippen LogP contribution in [0, 0.1) is 5.82 Å². The Balaban J connectivity index is 1.70. The first kappa shape index (κ1) is 44.8. The van der Waals surface area contributed by atoms with Gasteiger partial charge in [0.1, 0.15) is 10.8 Å². The summed E-state index contributed by atoms with van der Waals surface area (Å²) in [6.45, 7) is 1.67. The molecule has 2 heterocycles.